The van der Waals surface area contributed by atoms with Gasteiger partial charge in [0, 0.05) is 17.3 Å². The van der Waals surface area contributed by atoms with Crippen molar-refractivity contribution in [1.29, 1.82) is 0 Å². The van der Waals surface area contributed by atoms with Crippen LogP contribution in [0.5, 0.6) is 5.75 Å². The van der Waals surface area contributed by atoms with Crippen LogP contribution in [0.1, 0.15) is 16.1 Å². The summed E-state index contributed by atoms with van der Waals surface area (Å²) in [6.07, 6.45) is 3.08. The number of amides is 1. The van der Waals surface area contributed by atoms with E-state index >= 15 is 0 Å². The number of aromatic nitrogens is 4. The third-order valence-electron chi connectivity index (χ3n) is 3.71. The molecule has 0 saturated carbocycles. The summed E-state index contributed by atoms with van der Waals surface area (Å²) in [6.45, 7) is 1.05. The molecule has 132 valence electrons. The molecular weight excluding hydrogens is 338 g/mol. The SMILES string of the molecule is Cc1c(-c2cn(-c3ccccc3)nn2)cnc(C(=O)NCC(=O)O)c1O. The van der Waals surface area contributed by atoms with E-state index in [4.69, 9.17) is 5.11 Å². The maximum absolute atomic E-state index is 11.9. The first-order valence-electron chi connectivity index (χ1n) is 7.64. The van der Waals surface area contributed by atoms with Gasteiger partial charge in [0.15, 0.2) is 11.4 Å². The first kappa shape index (κ1) is 17.1. The van der Waals surface area contributed by atoms with Crippen molar-refractivity contribution in [2.45, 2.75) is 6.92 Å². The zero-order valence-corrected chi connectivity index (χ0v) is 13.7. The van der Waals surface area contributed by atoms with Crippen LogP contribution >= 0.6 is 0 Å². The van der Waals surface area contributed by atoms with Crippen LogP contribution in [-0.2, 0) is 4.79 Å². The lowest BCUT2D eigenvalue weighted by Crippen LogP contribution is -2.30. The normalized spacial score (nSPS) is 10.5. The molecule has 0 unspecified atom stereocenters. The van der Waals surface area contributed by atoms with Crippen LogP contribution in [0.2, 0.25) is 0 Å². The van der Waals surface area contributed by atoms with Gasteiger partial charge < -0.3 is 15.5 Å². The molecule has 2 heterocycles. The lowest BCUT2D eigenvalue weighted by molar-refractivity contribution is -0.135. The molecule has 9 nitrogen and oxygen atoms in total. The molecule has 9 heteroatoms. The number of carbonyl (C=O) groups is 2. The van der Waals surface area contributed by atoms with Crippen molar-refractivity contribution in [2.24, 2.45) is 0 Å². The molecule has 3 rings (SSSR count). The number of hydrogen-bond acceptors (Lipinski definition) is 6. The van der Waals surface area contributed by atoms with E-state index in [1.807, 2.05) is 30.3 Å². The fourth-order valence-corrected chi connectivity index (χ4v) is 2.35. The van der Waals surface area contributed by atoms with Gasteiger partial charge in [-0.25, -0.2) is 9.67 Å². The number of aliphatic carboxylic acids is 1. The number of carboxylic acids is 1. The van der Waals surface area contributed by atoms with E-state index in [0.29, 0.717) is 16.8 Å². The molecule has 0 radical (unpaired) electrons. The first-order chi connectivity index (χ1) is 12.5. The van der Waals surface area contributed by atoms with E-state index in [9.17, 15) is 14.7 Å². The van der Waals surface area contributed by atoms with Gasteiger partial charge >= 0.3 is 5.97 Å². The smallest absolute Gasteiger partial charge is 0.322 e. The Morgan fingerprint density at radius 2 is 1.96 bits per heavy atom. The number of benzene rings is 1. The molecule has 26 heavy (non-hydrogen) atoms. The van der Waals surface area contributed by atoms with Gasteiger partial charge in [0.2, 0.25) is 0 Å². The number of carbonyl (C=O) groups excluding carboxylic acids is 1. The van der Waals surface area contributed by atoms with Crippen molar-refractivity contribution >= 4 is 11.9 Å². The van der Waals surface area contributed by atoms with E-state index in [2.05, 4.69) is 20.6 Å². The Morgan fingerprint density at radius 3 is 2.65 bits per heavy atom. The summed E-state index contributed by atoms with van der Waals surface area (Å²) in [4.78, 5) is 26.4. The Balaban J connectivity index is 1.90. The summed E-state index contributed by atoms with van der Waals surface area (Å²) in [5, 5.41) is 29.2. The van der Waals surface area contributed by atoms with Crippen molar-refractivity contribution in [2.75, 3.05) is 6.54 Å². The van der Waals surface area contributed by atoms with Crippen LogP contribution in [0, 0.1) is 6.92 Å². The molecule has 0 spiro atoms. The third-order valence-corrected chi connectivity index (χ3v) is 3.71. The lowest BCUT2D eigenvalue weighted by atomic mass is 10.1. The fraction of sp³-hybridized carbons (Fsp3) is 0.118. The second-order valence-corrected chi connectivity index (χ2v) is 5.45. The molecule has 3 N–H and O–H groups in total. The van der Waals surface area contributed by atoms with Crippen molar-refractivity contribution in [3.63, 3.8) is 0 Å². The molecule has 0 fully saturated rings. The van der Waals surface area contributed by atoms with Crippen LogP contribution < -0.4 is 5.32 Å². The number of carboxylic acid groups (broad SMARTS) is 1. The van der Waals surface area contributed by atoms with Crippen LogP contribution in [0.25, 0.3) is 16.9 Å². The minimum Gasteiger partial charge on any atom is -0.505 e. The molecule has 3 aromatic rings. The Kier molecular flexibility index (Phi) is 4.61. The number of rotatable bonds is 5. The summed E-state index contributed by atoms with van der Waals surface area (Å²) < 4.78 is 1.58. The van der Waals surface area contributed by atoms with Crippen molar-refractivity contribution < 1.29 is 19.8 Å². The van der Waals surface area contributed by atoms with Crippen molar-refractivity contribution in [1.82, 2.24) is 25.3 Å². The molecule has 1 amide bonds. The number of nitrogens with one attached hydrogen (secondary N) is 1. The molecular formula is C17H15N5O4. The Bertz CT molecular complexity index is 969. The molecule has 0 aliphatic carbocycles. The summed E-state index contributed by atoms with van der Waals surface area (Å²) in [7, 11) is 0. The summed E-state index contributed by atoms with van der Waals surface area (Å²) in [5.41, 5.74) is 1.96. The largest absolute Gasteiger partial charge is 0.505 e. The van der Waals surface area contributed by atoms with Gasteiger partial charge in [0.1, 0.15) is 12.2 Å². The van der Waals surface area contributed by atoms with Crippen LogP contribution in [-0.4, -0.2) is 48.6 Å². The second-order valence-electron chi connectivity index (χ2n) is 5.45. The highest BCUT2D eigenvalue weighted by atomic mass is 16.4. The van der Waals surface area contributed by atoms with E-state index < -0.39 is 18.4 Å². The quantitative estimate of drug-likeness (QED) is 0.627. The predicted molar refractivity (Wildman–Crippen MR) is 91.0 cm³/mol. The van der Waals surface area contributed by atoms with Crippen LogP contribution in [0.15, 0.2) is 42.7 Å². The van der Waals surface area contributed by atoms with Gasteiger partial charge in [-0.15, -0.1) is 5.10 Å². The maximum atomic E-state index is 11.9. The van der Waals surface area contributed by atoms with Crippen molar-refractivity contribution in [3.05, 3.63) is 54.0 Å². The summed E-state index contributed by atoms with van der Waals surface area (Å²) >= 11 is 0. The standard InChI is InChI=1S/C17H15N5O4/c1-10-12(7-18-15(16(10)25)17(26)19-8-14(23)24)13-9-22(21-20-13)11-5-3-2-4-6-11/h2-7,9,25H,8H2,1H3,(H,19,26)(H,23,24). The molecule has 1 aromatic carbocycles. The molecule has 0 aliphatic heterocycles. The van der Waals surface area contributed by atoms with E-state index in [1.54, 1.807) is 17.8 Å². The lowest BCUT2D eigenvalue weighted by Gasteiger charge is -2.09. The van der Waals surface area contributed by atoms with Gasteiger partial charge in [-0.3, -0.25) is 9.59 Å². The van der Waals surface area contributed by atoms with Gasteiger partial charge in [-0.1, -0.05) is 23.4 Å². The molecule has 0 aliphatic rings. The summed E-state index contributed by atoms with van der Waals surface area (Å²) in [6, 6.07) is 9.38. The van der Waals surface area contributed by atoms with Gasteiger partial charge in [0.05, 0.1) is 11.9 Å². The highest BCUT2D eigenvalue weighted by Gasteiger charge is 2.19. The molecule has 2 aromatic heterocycles. The van der Waals surface area contributed by atoms with E-state index in [-0.39, 0.29) is 11.4 Å². The number of pyridine rings is 1. The summed E-state index contributed by atoms with van der Waals surface area (Å²) in [5.74, 6) is -2.30. The highest BCUT2D eigenvalue weighted by molar-refractivity contribution is 5.97. The highest BCUT2D eigenvalue weighted by Crippen LogP contribution is 2.29. The van der Waals surface area contributed by atoms with E-state index in [0.717, 1.165) is 5.69 Å². The molecule has 0 bridgehead atoms. The second kappa shape index (κ2) is 7.01. The monoisotopic (exact) mass is 353 g/mol. The molecule has 0 atom stereocenters. The zero-order valence-electron chi connectivity index (χ0n) is 13.7. The average Bonchev–Trinajstić information content (AvgIpc) is 3.12. The van der Waals surface area contributed by atoms with E-state index in [1.165, 1.54) is 6.20 Å². The van der Waals surface area contributed by atoms with Crippen LogP contribution in [0.3, 0.4) is 0 Å². The number of nitrogens with zero attached hydrogens (tertiary/aromatic N) is 4. The van der Waals surface area contributed by atoms with Gasteiger partial charge in [-0.05, 0) is 19.1 Å². The number of para-hydroxylation sites is 1. The minimum atomic E-state index is -1.19. The zero-order chi connectivity index (χ0) is 18.7. The fourth-order valence-electron chi connectivity index (χ4n) is 2.35. The topological polar surface area (TPSA) is 130 Å². The Hall–Kier alpha value is -3.75. The third kappa shape index (κ3) is 3.36. The first-order valence-corrected chi connectivity index (χ1v) is 7.64. The van der Waals surface area contributed by atoms with Gasteiger partial charge in [-0.2, -0.15) is 0 Å². The van der Waals surface area contributed by atoms with Crippen molar-refractivity contribution in [3.8, 4) is 22.7 Å². The molecule has 0 saturated heterocycles. The Labute approximate surface area is 147 Å². The Morgan fingerprint density at radius 1 is 1.23 bits per heavy atom. The number of aromatic hydroxyl groups is 1. The predicted octanol–water partition coefficient (Wildman–Crippen LogP) is 1.16. The maximum Gasteiger partial charge on any atom is 0.322 e. The van der Waals surface area contributed by atoms with Crippen LogP contribution in [0.4, 0.5) is 0 Å². The average molecular weight is 353 g/mol. The number of hydrogen-bond donors (Lipinski definition) is 3. The van der Waals surface area contributed by atoms with Gasteiger partial charge in [0.25, 0.3) is 5.91 Å². The minimum absolute atomic E-state index is 0.247.